The smallest absolute Gasteiger partial charge is 0.320 e. The average Bonchev–Trinajstić information content (AvgIpc) is 4.09. The number of H-pyrrole nitrogens is 1. The number of fused-ring (bicyclic) bond motifs is 3. The average molecular weight is 828 g/mol. The first-order valence-electron chi connectivity index (χ1n) is 21.9. The molecule has 3 aromatic heterocycles. The Hall–Kier alpha value is -6.03. The van der Waals surface area contributed by atoms with Gasteiger partial charge in [-0.3, -0.25) is 19.7 Å². The van der Waals surface area contributed by atoms with Gasteiger partial charge in [0.1, 0.15) is 11.5 Å². The number of hydrogen-bond acceptors (Lipinski definition) is 11. The molecular formula is C45H53N11O5. The maximum atomic E-state index is 12.7. The number of urea groups is 1. The summed E-state index contributed by atoms with van der Waals surface area (Å²) in [5.41, 5.74) is 11.6. The zero-order valence-corrected chi connectivity index (χ0v) is 34.6. The summed E-state index contributed by atoms with van der Waals surface area (Å²) in [6.45, 7) is 6.13. The summed E-state index contributed by atoms with van der Waals surface area (Å²) in [6, 6.07) is 12.8. The van der Waals surface area contributed by atoms with Crippen LogP contribution in [0.1, 0.15) is 103 Å². The standard InChI is InChI=1S/C45H53N11O5/c1-53-19-20-56(45(53)60)31-3-2-16-55(25-31)36-23-48-41(42(46)58)43(50-36)49-30-8-6-27(7-9-30)28-13-17-54(18-14-28)24-26-4-5-29(21-26)34-22-35-38(32-12-15-47-39(32)34)40(52-61-35)33-10-11-37(57)51-44(33)59/h6-9,12,15,22-23,26,28-29,31,33,47H,2-5,10-11,13-14,16-21,24-25H2,1H3,(H2,46,58)(H,49,50)(H,51,57,59)/t26?,29?,31-,33?/m1/s1. The molecule has 1 saturated carbocycles. The van der Waals surface area contributed by atoms with Crippen molar-refractivity contribution in [3.63, 3.8) is 0 Å². The second-order valence-corrected chi connectivity index (χ2v) is 17.8. The van der Waals surface area contributed by atoms with Crippen LogP contribution in [0.3, 0.4) is 0 Å². The van der Waals surface area contributed by atoms with E-state index in [4.69, 9.17) is 15.2 Å². The monoisotopic (exact) mass is 827 g/mol. The van der Waals surface area contributed by atoms with E-state index in [1.165, 1.54) is 17.5 Å². The highest BCUT2D eigenvalue weighted by Gasteiger charge is 2.37. The Morgan fingerprint density at radius 3 is 2.57 bits per heavy atom. The van der Waals surface area contributed by atoms with E-state index in [-0.39, 0.29) is 29.6 Å². The van der Waals surface area contributed by atoms with Crippen molar-refractivity contribution < 1.29 is 23.7 Å². The summed E-state index contributed by atoms with van der Waals surface area (Å²) in [5.74, 6) is 0.777. The SMILES string of the molecule is CN1CCN([C@@H]2CCCN(c3cnc(C(N)=O)c(Nc4ccc(C5CCN(CC6CCC(c7cc8onc(C9CCC(=O)NC9=O)c8c8cc[nH]c78)C6)CC5)cc4)n3)C2)C1=O. The Morgan fingerprint density at radius 1 is 0.967 bits per heavy atom. The molecule has 4 aliphatic heterocycles. The number of anilines is 3. The molecule has 61 heavy (non-hydrogen) atoms. The first-order valence-corrected chi connectivity index (χ1v) is 21.9. The Kier molecular flexibility index (Phi) is 10.3. The van der Waals surface area contributed by atoms with E-state index in [9.17, 15) is 19.2 Å². The first-order chi connectivity index (χ1) is 29.7. The summed E-state index contributed by atoms with van der Waals surface area (Å²) >= 11 is 0. The molecule has 4 saturated heterocycles. The predicted molar refractivity (Wildman–Crippen MR) is 230 cm³/mol. The van der Waals surface area contributed by atoms with E-state index in [2.05, 4.69) is 53.8 Å². The van der Waals surface area contributed by atoms with Gasteiger partial charge in [0.2, 0.25) is 11.8 Å². The number of likely N-dealkylation sites (N-methyl/N-ethyl adjacent to an activating group) is 1. The zero-order chi connectivity index (χ0) is 41.8. The van der Waals surface area contributed by atoms with Crippen molar-refractivity contribution in [2.45, 2.75) is 81.6 Å². The predicted octanol–water partition coefficient (Wildman–Crippen LogP) is 5.56. The van der Waals surface area contributed by atoms with Gasteiger partial charge in [0.05, 0.1) is 23.5 Å². The van der Waals surface area contributed by atoms with Gasteiger partial charge in [0.15, 0.2) is 17.1 Å². The largest absolute Gasteiger partial charge is 0.364 e. The van der Waals surface area contributed by atoms with Gasteiger partial charge in [-0.2, -0.15) is 0 Å². The lowest BCUT2D eigenvalue weighted by atomic mass is 9.88. The van der Waals surface area contributed by atoms with Crippen LogP contribution in [0.2, 0.25) is 0 Å². The maximum Gasteiger partial charge on any atom is 0.320 e. The summed E-state index contributed by atoms with van der Waals surface area (Å²) in [4.78, 5) is 70.9. The van der Waals surface area contributed by atoms with Gasteiger partial charge in [-0.1, -0.05) is 17.3 Å². The van der Waals surface area contributed by atoms with E-state index in [1.807, 2.05) is 36.3 Å². The number of rotatable bonds is 10. The van der Waals surface area contributed by atoms with Crippen LogP contribution in [0.5, 0.6) is 0 Å². The molecule has 4 atom stereocenters. The lowest BCUT2D eigenvalue weighted by Crippen LogP contribution is -2.49. The van der Waals surface area contributed by atoms with E-state index in [0.29, 0.717) is 60.1 Å². The molecule has 5 aliphatic rings. The minimum Gasteiger partial charge on any atom is -0.364 e. The fourth-order valence-electron chi connectivity index (χ4n) is 10.8. The van der Waals surface area contributed by atoms with Gasteiger partial charge >= 0.3 is 6.03 Å². The van der Waals surface area contributed by atoms with Crippen LogP contribution in [-0.4, -0.2) is 117 Å². The number of amides is 5. The number of nitrogens with zero attached hydrogens (tertiary/aromatic N) is 7. The summed E-state index contributed by atoms with van der Waals surface area (Å²) < 4.78 is 5.87. The van der Waals surface area contributed by atoms with Crippen molar-refractivity contribution in [2.75, 3.05) is 63.1 Å². The van der Waals surface area contributed by atoms with Crippen molar-refractivity contribution >= 4 is 62.9 Å². The van der Waals surface area contributed by atoms with Crippen LogP contribution in [0.15, 0.2) is 53.3 Å². The van der Waals surface area contributed by atoms with Gasteiger partial charge in [-0.15, -0.1) is 0 Å². The molecule has 16 heteroatoms. The molecule has 1 aliphatic carbocycles. The highest BCUT2D eigenvalue weighted by Crippen LogP contribution is 2.45. The van der Waals surface area contributed by atoms with E-state index in [0.717, 1.165) is 99.8 Å². The Morgan fingerprint density at radius 2 is 1.80 bits per heavy atom. The minimum absolute atomic E-state index is 0.0705. The molecule has 2 aromatic carbocycles. The number of carbonyl (C=O) groups excluding carboxylic acids is 4. The summed E-state index contributed by atoms with van der Waals surface area (Å²) in [6.07, 6.45) is 11.8. The summed E-state index contributed by atoms with van der Waals surface area (Å²) in [7, 11) is 1.84. The van der Waals surface area contributed by atoms with E-state index in [1.54, 1.807) is 11.1 Å². The zero-order valence-electron chi connectivity index (χ0n) is 34.6. The van der Waals surface area contributed by atoms with Crippen LogP contribution in [-0.2, 0) is 9.59 Å². The van der Waals surface area contributed by atoms with Crippen molar-refractivity contribution in [3.8, 4) is 0 Å². The molecular weight excluding hydrogens is 775 g/mol. The van der Waals surface area contributed by atoms with Gasteiger partial charge in [0, 0.05) is 69.0 Å². The number of nitrogens with one attached hydrogen (secondary N) is 3. The molecule has 5 fully saturated rings. The van der Waals surface area contributed by atoms with Crippen LogP contribution >= 0.6 is 0 Å². The first kappa shape index (κ1) is 39.1. The van der Waals surface area contributed by atoms with Crippen LogP contribution < -0.4 is 21.3 Å². The second-order valence-electron chi connectivity index (χ2n) is 17.8. The van der Waals surface area contributed by atoms with Gasteiger partial charge in [-0.05, 0) is 118 Å². The van der Waals surface area contributed by atoms with Gasteiger partial charge < -0.3 is 40.2 Å². The van der Waals surface area contributed by atoms with Crippen LogP contribution in [0.25, 0.3) is 21.9 Å². The number of aromatic amines is 1. The molecule has 7 heterocycles. The number of likely N-dealkylation sites (tertiary alicyclic amines) is 1. The second kappa shape index (κ2) is 16.1. The number of hydrogen-bond donors (Lipinski definition) is 4. The highest BCUT2D eigenvalue weighted by atomic mass is 16.5. The lowest BCUT2D eigenvalue weighted by molar-refractivity contribution is -0.134. The maximum absolute atomic E-state index is 12.7. The summed E-state index contributed by atoms with van der Waals surface area (Å²) in [5, 5.41) is 12.0. The van der Waals surface area contributed by atoms with E-state index >= 15 is 0 Å². The minimum atomic E-state index is -0.645. The number of primary amides is 1. The van der Waals surface area contributed by atoms with Crippen molar-refractivity contribution in [3.05, 3.63) is 71.3 Å². The molecule has 318 valence electrons. The number of piperidine rings is 3. The molecule has 16 nitrogen and oxygen atoms in total. The fourth-order valence-corrected chi connectivity index (χ4v) is 10.8. The topological polar surface area (TPSA) is 199 Å². The number of nitrogens with two attached hydrogens (primary N) is 1. The molecule has 0 bridgehead atoms. The van der Waals surface area contributed by atoms with Crippen molar-refractivity contribution in [1.82, 2.24) is 40.1 Å². The number of imide groups is 1. The number of carbonyl (C=O) groups is 4. The van der Waals surface area contributed by atoms with Crippen molar-refractivity contribution in [1.29, 1.82) is 0 Å². The molecule has 5 amide bonds. The molecule has 5 aromatic rings. The number of aromatic nitrogens is 4. The quantitative estimate of drug-likeness (QED) is 0.129. The molecule has 5 N–H and O–H groups in total. The number of benzene rings is 2. The Labute approximate surface area is 353 Å². The highest BCUT2D eigenvalue weighted by molar-refractivity contribution is 6.10. The van der Waals surface area contributed by atoms with Gasteiger partial charge in [-0.25, -0.2) is 14.8 Å². The van der Waals surface area contributed by atoms with Gasteiger partial charge in [0.25, 0.3) is 5.91 Å². The normalized spacial score (nSPS) is 24.3. The molecule has 0 radical (unpaired) electrons. The van der Waals surface area contributed by atoms with Crippen LogP contribution in [0.4, 0.5) is 22.1 Å². The van der Waals surface area contributed by atoms with Crippen molar-refractivity contribution in [2.24, 2.45) is 11.7 Å². The third kappa shape index (κ3) is 7.55. The van der Waals surface area contributed by atoms with Crippen LogP contribution in [0, 0.1) is 5.92 Å². The molecule has 3 unspecified atom stereocenters. The molecule has 0 spiro atoms. The third-order valence-corrected chi connectivity index (χ3v) is 14.0. The third-order valence-electron chi connectivity index (χ3n) is 14.0. The van der Waals surface area contributed by atoms with E-state index < -0.39 is 11.8 Å². The fraction of sp³-hybridized carbons (Fsp3) is 0.489. The Balaban J connectivity index is 0.746. The lowest BCUT2D eigenvalue weighted by Gasteiger charge is -2.37. The Bertz CT molecular complexity index is 2490. The molecule has 10 rings (SSSR count).